The number of hydrogen-bond donors (Lipinski definition) is 5. The first-order valence-electron chi connectivity index (χ1n) is 13.4. The molecule has 0 aliphatic carbocycles. The number of phenols is 1. The molecule has 5 N–H and O–H groups in total. The van der Waals surface area contributed by atoms with Gasteiger partial charge in [0.15, 0.2) is 0 Å². The average molecular weight is 553 g/mol. The number of para-hydroxylation sites is 1. The lowest BCUT2D eigenvalue weighted by atomic mass is 9.90. The predicted molar refractivity (Wildman–Crippen MR) is 145 cm³/mol. The molecule has 0 radical (unpaired) electrons. The summed E-state index contributed by atoms with van der Waals surface area (Å²) in [5, 5.41) is 29.7. The fourth-order valence-corrected chi connectivity index (χ4v) is 4.95. The monoisotopic (exact) mass is 552 g/mol. The third kappa shape index (κ3) is 6.26. The Kier molecular flexibility index (Phi) is 9.06. The van der Waals surface area contributed by atoms with Crippen molar-refractivity contribution in [2.24, 2.45) is 5.92 Å². The maximum Gasteiger partial charge on any atom is 0.255 e. The first-order chi connectivity index (χ1) is 19.1. The van der Waals surface area contributed by atoms with Crippen LogP contribution in [0.3, 0.4) is 0 Å². The van der Waals surface area contributed by atoms with E-state index in [1.54, 1.807) is 19.1 Å². The summed E-state index contributed by atoms with van der Waals surface area (Å²) in [4.78, 5) is 55.1. The molecule has 214 valence electrons. The highest BCUT2D eigenvalue weighted by Gasteiger charge is 2.43. The second kappa shape index (κ2) is 12.5. The van der Waals surface area contributed by atoms with E-state index in [1.165, 1.54) is 31.0 Å². The minimum Gasteiger partial charge on any atom is -0.507 e. The third-order valence-corrected chi connectivity index (χ3v) is 7.79. The van der Waals surface area contributed by atoms with Crippen molar-refractivity contribution >= 4 is 23.6 Å². The first-order valence-corrected chi connectivity index (χ1v) is 13.4. The summed E-state index contributed by atoms with van der Waals surface area (Å²) in [6.45, 7) is 3.58. The van der Waals surface area contributed by atoms with E-state index in [0.717, 1.165) is 5.56 Å². The van der Waals surface area contributed by atoms with Crippen molar-refractivity contribution in [3.63, 3.8) is 0 Å². The number of ether oxygens (including phenoxy) is 1. The van der Waals surface area contributed by atoms with Gasteiger partial charge in [-0.05, 0) is 37.5 Å². The Morgan fingerprint density at radius 2 is 1.68 bits per heavy atom. The van der Waals surface area contributed by atoms with E-state index in [9.17, 15) is 29.4 Å². The molecule has 2 heterocycles. The molecule has 0 saturated carbocycles. The molecule has 7 atom stereocenters. The molecule has 40 heavy (non-hydrogen) atoms. The number of nitrogens with zero attached hydrogens (tertiary/aromatic N) is 1. The van der Waals surface area contributed by atoms with Gasteiger partial charge in [-0.2, -0.15) is 0 Å². The van der Waals surface area contributed by atoms with Crippen molar-refractivity contribution in [3.05, 3.63) is 65.7 Å². The summed E-state index contributed by atoms with van der Waals surface area (Å²) in [6.07, 6.45) is -1.10. The maximum atomic E-state index is 13.8. The number of phenolic OH excluding ortho intramolecular Hbond substituents is 1. The molecule has 2 aromatic rings. The van der Waals surface area contributed by atoms with Gasteiger partial charge in [0.2, 0.25) is 17.7 Å². The second-order valence-electron chi connectivity index (χ2n) is 10.4. The van der Waals surface area contributed by atoms with Crippen molar-refractivity contribution in [3.8, 4) is 5.75 Å². The van der Waals surface area contributed by atoms with Crippen molar-refractivity contribution in [2.45, 2.75) is 63.1 Å². The summed E-state index contributed by atoms with van der Waals surface area (Å²) in [5.74, 6) is -3.65. The third-order valence-electron chi connectivity index (χ3n) is 7.79. The van der Waals surface area contributed by atoms with E-state index in [1.807, 2.05) is 30.3 Å². The van der Waals surface area contributed by atoms with Crippen LogP contribution in [0.25, 0.3) is 0 Å². The lowest BCUT2D eigenvalue weighted by Crippen LogP contribution is -2.66. The number of amides is 4. The number of hydrogen-bond acceptors (Lipinski definition) is 7. The van der Waals surface area contributed by atoms with E-state index < -0.39 is 65.9 Å². The maximum absolute atomic E-state index is 13.8. The van der Waals surface area contributed by atoms with Gasteiger partial charge in [-0.25, -0.2) is 0 Å². The number of rotatable bonds is 5. The van der Waals surface area contributed by atoms with Gasteiger partial charge in [0.1, 0.15) is 17.8 Å². The van der Waals surface area contributed by atoms with Gasteiger partial charge in [0.05, 0.1) is 35.8 Å². The highest BCUT2D eigenvalue weighted by atomic mass is 16.5. The molecule has 2 aliphatic heterocycles. The largest absolute Gasteiger partial charge is 0.507 e. The Morgan fingerprint density at radius 1 is 1.02 bits per heavy atom. The zero-order valence-corrected chi connectivity index (χ0v) is 22.7. The highest BCUT2D eigenvalue weighted by molar-refractivity contribution is 6.00. The summed E-state index contributed by atoms with van der Waals surface area (Å²) < 4.78 is 5.54. The summed E-state index contributed by atoms with van der Waals surface area (Å²) >= 11 is 0. The number of carbonyl (C=O) groups is 4. The first kappa shape index (κ1) is 29.0. The van der Waals surface area contributed by atoms with E-state index in [4.69, 9.17) is 4.74 Å². The van der Waals surface area contributed by atoms with E-state index in [2.05, 4.69) is 16.0 Å². The molecular weight excluding hydrogens is 516 g/mol. The normalized spacial score (nSPS) is 29.8. The van der Waals surface area contributed by atoms with Crippen molar-refractivity contribution in [2.75, 3.05) is 13.7 Å². The SMILES string of the molecule is C[C@@H]1[C@H](NC(=O)c2ccccc2O)C(=O)N[C@@H](Cc2ccccc2)[C@@H](O)[C@@H](C)C(=O)NC(C2CCO2)C(=O)N1C. The lowest BCUT2D eigenvalue weighted by Gasteiger charge is -2.40. The molecule has 0 aromatic heterocycles. The van der Waals surface area contributed by atoms with E-state index in [-0.39, 0.29) is 17.7 Å². The fourth-order valence-electron chi connectivity index (χ4n) is 4.95. The van der Waals surface area contributed by atoms with Gasteiger partial charge in [0, 0.05) is 13.7 Å². The molecular formula is C29H36N4O7. The predicted octanol–water partition coefficient (Wildman–Crippen LogP) is 0.349. The standard InChI is InChI=1S/C29H36N4O7/c1-16-25(35)20(15-18-9-5-4-6-10-18)30-28(38)23(31-27(37)19-11-7-8-12-21(19)34)17(2)33(3)29(39)24(32-26(16)36)22-13-14-40-22/h4-12,16-17,20,22-25,34-35H,13-15H2,1-3H3,(H,30,38)(H,31,37)(H,32,36)/t16-,17-,20+,22?,23+,24?,25+/m1/s1. The van der Waals surface area contributed by atoms with Crippen LogP contribution in [0.15, 0.2) is 54.6 Å². The Bertz CT molecular complexity index is 1240. The number of carbonyl (C=O) groups excluding carboxylic acids is 4. The van der Waals surface area contributed by atoms with Crippen LogP contribution in [0, 0.1) is 5.92 Å². The molecule has 2 fully saturated rings. The number of aliphatic hydroxyl groups is 1. The molecule has 2 aromatic carbocycles. The smallest absolute Gasteiger partial charge is 0.255 e. The van der Waals surface area contributed by atoms with Crippen molar-refractivity contribution in [1.82, 2.24) is 20.9 Å². The van der Waals surface area contributed by atoms with Gasteiger partial charge in [-0.1, -0.05) is 49.4 Å². The molecule has 0 spiro atoms. The Hall–Kier alpha value is -3.96. The van der Waals surface area contributed by atoms with Gasteiger partial charge < -0.3 is 35.8 Å². The molecule has 11 heteroatoms. The highest BCUT2D eigenvalue weighted by Crippen LogP contribution is 2.22. The van der Waals surface area contributed by atoms with Crippen molar-refractivity contribution < 1.29 is 34.1 Å². The molecule has 11 nitrogen and oxygen atoms in total. The summed E-state index contributed by atoms with van der Waals surface area (Å²) in [6, 6.07) is 11.0. The van der Waals surface area contributed by atoms with Crippen LogP contribution >= 0.6 is 0 Å². The van der Waals surface area contributed by atoms with Crippen LogP contribution in [0.4, 0.5) is 0 Å². The van der Waals surface area contributed by atoms with Crippen LogP contribution < -0.4 is 16.0 Å². The van der Waals surface area contributed by atoms with Crippen molar-refractivity contribution in [1.29, 1.82) is 0 Å². The van der Waals surface area contributed by atoms with Gasteiger partial charge in [-0.3, -0.25) is 19.2 Å². The number of nitrogens with one attached hydrogen (secondary N) is 3. The number of aromatic hydroxyl groups is 1. The number of likely N-dealkylation sites (N-methyl/N-ethyl adjacent to an activating group) is 1. The van der Waals surface area contributed by atoms with Crippen LogP contribution in [-0.4, -0.2) is 88.8 Å². The molecule has 4 rings (SSSR count). The molecule has 2 unspecified atom stereocenters. The lowest BCUT2D eigenvalue weighted by molar-refractivity contribution is -0.152. The molecule has 2 saturated heterocycles. The molecule has 2 aliphatic rings. The summed E-state index contributed by atoms with van der Waals surface area (Å²) in [5.41, 5.74) is 0.785. The Labute approximate surface area is 232 Å². The number of benzene rings is 2. The Morgan fingerprint density at radius 3 is 2.30 bits per heavy atom. The quantitative estimate of drug-likeness (QED) is 0.358. The van der Waals surface area contributed by atoms with Crippen LogP contribution in [0.5, 0.6) is 5.75 Å². The van der Waals surface area contributed by atoms with E-state index >= 15 is 0 Å². The van der Waals surface area contributed by atoms with Gasteiger partial charge in [0.25, 0.3) is 5.91 Å². The molecule has 0 bridgehead atoms. The zero-order chi connectivity index (χ0) is 29.0. The van der Waals surface area contributed by atoms with Gasteiger partial charge >= 0.3 is 0 Å². The van der Waals surface area contributed by atoms with E-state index in [0.29, 0.717) is 13.0 Å². The second-order valence-corrected chi connectivity index (χ2v) is 10.4. The summed E-state index contributed by atoms with van der Waals surface area (Å²) in [7, 11) is 1.49. The number of aliphatic hydroxyl groups excluding tert-OH is 1. The Balaban J connectivity index is 1.71. The van der Waals surface area contributed by atoms with Crippen LogP contribution in [0.2, 0.25) is 0 Å². The zero-order valence-electron chi connectivity index (χ0n) is 22.7. The minimum atomic E-state index is -1.32. The average Bonchev–Trinajstić information content (AvgIpc) is 2.92. The van der Waals surface area contributed by atoms with Crippen LogP contribution in [0.1, 0.15) is 36.2 Å². The molecule has 4 amide bonds. The van der Waals surface area contributed by atoms with Gasteiger partial charge in [-0.15, -0.1) is 0 Å². The minimum absolute atomic E-state index is 0.0369. The topological polar surface area (TPSA) is 157 Å². The van der Waals surface area contributed by atoms with Crippen LogP contribution in [-0.2, 0) is 25.5 Å². The fraction of sp³-hybridized carbons (Fsp3) is 0.448.